The molecule has 14 heteroatoms. The average molecular weight is 705 g/mol. The smallest absolute Gasteiger partial charge is 0.352 e. The van der Waals surface area contributed by atoms with Gasteiger partial charge in [-0.1, -0.05) is 78.3 Å². The zero-order valence-electron chi connectivity index (χ0n) is 24.2. The van der Waals surface area contributed by atoms with Crippen LogP contribution in [0.5, 0.6) is 0 Å². The number of benzene rings is 3. The van der Waals surface area contributed by atoms with Crippen molar-refractivity contribution in [1.82, 2.24) is 10.2 Å². The molecule has 1 atom stereocenters. The largest absolute Gasteiger partial charge is 0.416 e. The van der Waals surface area contributed by atoms with Gasteiger partial charge in [-0.2, -0.15) is 13.2 Å². The summed E-state index contributed by atoms with van der Waals surface area (Å²) in [6.45, 7) is 0.367. The minimum Gasteiger partial charge on any atom is -0.352 e. The number of anilines is 1. The Morgan fingerprint density at radius 1 is 0.911 bits per heavy atom. The van der Waals surface area contributed by atoms with Crippen LogP contribution in [0, 0.1) is 0 Å². The van der Waals surface area contributed by atoms with Crippen molar-refractivity contribution >= 4 is 62.3 Å². The Bertz CT molecular complexity index is 1640. The average Bonchev–Trinajstić information content (AvgIpc) is 3.00. The lowest BCUT2D eigenvalue weighted by molar-refractivity contribution is -0.139. The van der Waals surface area contributed by atoms with Gasteiger partial charge in [-0.15, -0.1) is 0 Å². The van der Waals surface area contributed by atoms with Crippen LogP contribution in [0.15, 0.2) is 71.6 Å². The predicted octanol–water partition coefficient (Wildman–Crippen LogP) is 7.73. The monoisotopic (exact) mass is 703 g/mol. The molecule has 45 heavy (non-hydrogen) atoms. The number of rotatable bonds is 10. The summed E-state index contributed by atoms with van der Waals surface area (Å²) in [5.74, 6) is -1.31. The van der Waals surface area contributed by atoms with Gasteiger partial charge in [0, 0.05) is 12.6 Å². The van der Waals surface area contributed by atoms with Crippen LogP contribution in [0.4, 0.5) is 18.9 Å². The third-order valence-electron chi connectivity index (χ3n) is 7.61. The predicted molar refractivity (Wildman–Crippen MR) is 169 cm³/mol. The second kappa shape index (κ2) is 14.6. The normalized spacial score (nSPS) is 14.9. The summed E-state index contributed by atoms with van der Waals surface area (Å²) in [5.41, 5.74) is -1.21. The molecule has 2 amide bonds. The van der Waals surface area contributed by atoms with Crippen molar-refractivity contribution in [3.63, 3.8) is 0 Å². The van der Waals surface area contributed by atoms with Crippen LogP contribution in [0.25, 0.3) is 0 Å². The van der Waals surface area contributed by atoms with Gasteiger partial charge in [0.15, 0.2) is 0 Å². The van der Waals surface area contributed by atoms with Crippen LogP contribution in [0.1, 0.15) is 50.2 Å². The van der Waals surface area contributed by atoms with Crippen molar-refractivity contribution < 1.29 is 31.2 Å². The van der Waals surface area contributed by atoms with Crippen LogP contribution in [0.2, 0.25) is 15.1 Å². The van der Waals surface area contributed by atoms with Crippen molar-refractivity contribution in [3.05, 3.63) is 92.9 Å². The van der Waals surface area contributed by atoms with Crippen molar-refractivity contribution in [3.8, 4) is 0 Å². The number of nitrogens with one attached hydrogen (secondary N) is 1. The number of hydrogen-bond acceptors (Lipinski definition) is 4. The molecule has 1 aliphatic rings. The highest BCUT2D eigenvalue weighted by molar-refractivity contribution is 7.92. The number of hydrogen-bond donors (Lipinski definition) is 1. The molecule has 4 rings (SSSR count). The van der Waals surface area contributed by atoms with E-state index in [4.69, 9.17) is 34.8 Å². The lowest BCUT2D eigenvalue weighted by Crippen LogP contribution is -2.53. The maximum Gasteiger partial charge on any atom is 0.416 e. The number of carbonyl (C=O) groups excluding carboxylic acids is 2. The van der Waals surface area contributed by atoms with E-state index in [0.717, 1.165) is 49.1 Å². The van der Waals surface area contributed by atoms with Gasteiger partial charge in [0.05, 0.1) is 31.2 Å². The third-order valence-corrected chi connectivity index (χ3v) is 10.4. The van der Waals surface area contributed by atoms with Gasteiger partial charge in [0.25, 0.3) is 10.0 Å². The number of nitrogens with zero attached hydrogens (tertiary/aromatic N) is 2. The fraction of sp³-hybridized carbons (Fsp3) is 0.355. The van der Waals surface area contributed by atoms with Gasteiger partial charge in [-0.3, -0.25) is 13.9 Å². The van der Waals surface area contributed by atoms with E-state index in [9.17, 15) is 31.2 Å². The molecule has 0 radical (unpaired) electrons. The van der Waals surface area contributed by atoms with Crippen LogP contribution >= 0.6 is 34.8 Å². The van der Waals surface area contributed by atoms with E-state index in [1.54, 1.807) is 12.1 Å². The van der Waals surface area contributed by atoms with Gasteiger partial charge >= 0.3 is 6.18 Å². The molecule has 3 aromatic rings. The van der Waals surface area contributed by atoms with Crippen molar-refractivity contribution in [2.75, 3.05) is 10.8 Å². The first kappa shape index (κ1) is 34.9. The summed E-state index contributed by atoms with van der Waals surface area (Å²) in [5, 5.41) is 3.12. The Labute approximate surface area is 275 Å². The molecule has 0 heterocycles. The van der Waals surface area contributed by atoms with Crippen molar-refractivity contribution in [2.45, 2.75) is 68.7 Å². The highest BCUT2D eigenvalue weighted by atomic mass is 35.5. The second-order valence-electron chi connectivity index (χ2n) is 10.8. The second-order valence-corrected chi connectivity index (χ2v) is 13.9. The molecule has 0 unspecified atom stereocenters. The fourth-order valence-electron chi connectivity index (χ4n) is 5.10. The highest BCUT2D eigenvalue weighted by Gasteiger charge is 2.36. The molecule has 7 nitrogen and oxygen atoms in total. The quantitative estimate of drug-likeness (QED) is 0.234. The molecule has 1 aliphatic carbocycles. The van der Waals surface area contributed by atoms with E-state index in [0.29, 0.717) is 15.9 Å². The molecule has 0 aromatic heterocycles. The molecular formula is C31H31Cl3F3N3O4S. The Balaban J connectivity index is 1.76. The van der Waals surface area contributed by atoms with Crippen LogP contribution in [-0.4, -0.2) is 43.8 Å². The standard InChI is InChI=1S/C31H31Cl3F3N3O4S/c1-20(30(42)38-23-8-4-2-5-9-23)39(18-21-12-14-25(32)27(34)16-21)29(41)19-40(45(43,44)24-10-6-3-7-11-24)28-17-22(31(35,36)37)13-15-26(28)33/h3,6-7,10-17,20,23H,2,4-5,8-9,18-19H2,1H3,(H,38,42)/t20-/m1/s1. The number of halogens is 6. The molecule has 0 spiro atoms. The summed E-state index contributed by atoms with van der Waals surface area (Å²) in [6.07, 6.45) is -0.276. The topological polar surface area (TPSA) is 86.8 Å². The Morgan fingerprint density at radius 3 is 2.18 bits per heavy atom. The van der Waals surface area contributed by atoms with E-state index in [1.165, 1.54) is 43.3 Å². The van der Waals surface area contributed by atoms with Crippen LogP contribution in [-0.2, 0) is 32.3 Å². The first-order valence-corrected chi connectivity index (χ1v) is 16.7. The summed E-state index contributed by atoms with van der Waals surface area (Å²) in [7, 11) is -4.63. The van der Waals surface area contributed by atoms with Gasteiger partial charge in [-0.05, 0) is 67.8 Å². The lowest BCUT2D eigenvalue weighted by atomic mass is 9.95. The SMILES string of the molecule is C[C@H](C(=O)NC1CCCCC1)N(Cc1ccc(Cl)c(Cl)c1)C(=O)CN(c1cc(C(F)(F)F)ccc1Cl)S(=O)(=O)c1ccccc1. The first-order chi connectivity index (χ1) is 21.2. The van der Waals surface area contributed by atoms with E-state index < -0.39 is 51.9 Å². The highest BCUT2D eigenvalue weighted by Crippen LogP contribution is 2.37. The van der Waals surface area contributed by atoms with E-state index in [2.05, 4.69) is 5.32 Å². The number of amides is 2. The molecule has 3 aromatic carbocycles. The molecule has 0 saturated heterocycles. The maximum atomic E-state index is 14.1. The lowest BCUT2D eigenvalue weighted by Gasteiger charge is -2.33. The molecular weight excluding hydrogens is 674 g/mol. The molecule has 1 N–H and O–H groups in total. The first-order valence-electron chi connectivity index (χ1n) is 14.2. The molecule has 242 valence electrons. The van der Waals surface area contributed by atoms with Gasteiger partial charge < -0.3 is 10.2 Å². The van der Waals surface area contributed by atoms with E-state index in [-0.39, 0.29) is 32.5 Å². The Kier molecular flexibility index (Phi) is 11.3. The summed E-state index contributed by atoms with van der Waals surface area (Å²) in [4.78, 5) is 28.4. The summed E-state index contributed by atoms with van der Waals surface area (Å²) < 4.78 is 69.5. The number of carbonyl (C=O) groups is 2. The number of alkyl halides is 3. The molecule has 0 aliphatic heterocycles. The van der Waals surface area contributed by atoms with Gasteiger partial charge in [0.2, 0.25) is 11.8 Å². The van der Waals surface area contributed by atoms with Gasteiger partial charge in [-0.25, -0.2) is 8.42 Å². The molecule has 1 fully saturated rings. The van der Waals surface area contributed by atoms with Gasteiger partial charge in [0.1, 0.15) is 12.6 Å². The van der Waals surface area contributed by atoms with Crippen molar-refractivity contribution in [1.29, 1.82) is 0 Å². The van der Waals surface area contributed by atoms with E-state index in [1.807, 2.05) is 0 Å². The maximum absolute atomic E-state index is 14.1. The van der Waals surface area contributed by atoms with Crippen molar-refractivity contribution in [2.24, 2.45) is 0 Å². The summed E-state index contributed by atoms with van der Waals surface area (Å²) in [6, 6.07) is 12.6. The minimum absolute atomic E-state index is 0.0745. The number of sulfonamides is 1. The minimum atomic E-state index is -4.82. The Hall–Kier alpha value is -2.99. The van der Waals surface area contributed by atoms with Crippen LogP contribution < -0.4 is 9.62 Å². The Morgan fingerprint density at radius 2 is 1.56 bits per heavy atom. The van der Waals surface area contributed by atoms with Crippen LogP contribution in [0.3, 0.4) is 0 Å². The fourth-order valence-corrected chi connectivity index (χ4v) is 7.14. The molecule has 0 bridgehead atoms. The third kappa shape index (κ3) is 8.64. The van der Waals surface area contributed by atoms with E-state index >= 15 is 0 Å². The zero-order chi connectivity index (χ0) is 32.9. The zero-order valence-corrected chi connectivity index (χ0v) is 27.2. The summed E-state index contributed by atoms with van der Waals surface area (Å²) >= 11 is 18.6. The molecule has 1 saturated carbocycles.